The van der Waals surface area contributed by atoms with E-state index in [1.54, 1.807) is 29.4 Å². The number of nitrogens with one attached hydrogen (secondary N) is 1. The standard InChI is InChI=1S/C17H21N5O3S/c1-14-19-17(12-21(14)2)26(23,24)20-16-10-18-22(11-16)8-9-25-13-15-6-4-3-5-7-15/h3-7,10-12,20H,8-9,13H2,1-2H3. The van der Waals surface area contributed by atoms with Gasteiger partial charge in [0.25, 0.3) is 10.0 Å². The van der Waals surface area contributed by atoms with Crippen LogP contribution >= 0.6 is 0 Å². The summed E-state index contributed by atoms with van der Waals surface area (Å²) >= 11 is 0. The highest BCUT2D eigenvalue weighted by atomic mass is 32.2. The van der Waals surface area contributed by atoms with Crippen LogP contribution in [0.1, 0.15) is 11.4 Å². The summed E-state index contributed by atoms with van der Waals surface area (Å²) in [5, 5.41) is 4.13. The van der Waals surface area contributed by atoms with Gasteiger partial charge in [-0.2, -0.15) is 13.5 Å². The highest BCUT2D eigenvalue weighted by molar-refractivity contribution is 7.92. The average Bonchev–Trinajstić information content (AvgIpc) is 3.19. The summed E-state index contributed by atoms with van der Waals surface area (Å²) in [6.07, 6.45) is 4.56. The van der Waals surface area contributed by atoms with E-state index in [9.17, 15) is 8.42 Å². The normalized spacial score (nSPS) is 11.6. The molecule has 0 saturated heterocycles. The van der Waals surface area contributed by atoms with Gasteiger partial charge in [0.05, 0.1) is 31.6 Å². The molecule has 0 spiro atoms. The monoisotopic (exact) mass is 375 g/mol. The Morgan fingerprint density at radius 2 is 1.96 bits per heavy atom. The molecule has 3 aromatic rings. The van der Waals surface area contributed by atoms with E-state index in [0.717, 1.165) is 5.56 Å². The Morgan fingerprint density at radius 1 is 1.19 bits per heavy atom. The van der Waals surface area contributed by atoms with E-state index in [1.165, 1.54) is 12.4 Å². The van der Waals surface area contributed by atoms with Gasteiger partial charge in [0.15, 0.2) is 5.03 Å². The zero-order chi connectivity index (χ0) is 18.6. The second kappa shape index (κ2) is 7.71. The summed E-state index contributed by atoms with van der Waals surface area (Å²) in [6.45, 7) is 3.27. The van der Waals surface area contributed by atoms with Crippen molar-refractivity contribution in [3.05, 3.63) is 60.3 Å². The zero-order valence-corrected chi connectivity index (χ0v) is 15.5. The van der Waals surface area contributed by atoms with Crippen LogP contribution in [-0.4, -0.2) is 34.4 Å². The van der Waals surface area contributed by atoms with Crippen molar-refractivity contribution in [2.24, 2.45) is 7.05 Å². The number of sulfonamides is 1. The number of hydrogen-bond acceptors (Lipinski definition) is 5. The maximum Gasteiger partial charge on any atom is 0.281 e. The van der Waals surface area contributed by atoms with Crippen LogP contribution < -0.4 is 4.72 Å². The quantitative estimate of drug-likeness (QED) is 0.608. The number of ether oxygens (including phenoxy) is 1. The summed E-state index contributed by atoms with van der Waals surface area (Å²) in [4.78, 5) is 4.04. The van der Waals surface area contributed by atoms with Crippen LogP contribution in [0.3, 0.4) is 0 Å². The molecule has 0 saturated carbocycles. The molecule has 1 aromatic carbocycles. The fourth-order valence-electron chi connectivity index (χ4n) is 2.32. The average molecular weight is 375 g/mol. The van der Waals surface area contributed by atoms with E-state index < -0.39 is 10.0 Å². The highest BCUT2D eigenvalue weighted by Gasteiger charge is 2.19. The molecule has 0 aliphatic rings. The smallest absolute Gasteiger partial charge is 0.281 e. The fraction of sp³-hybridized carbons (Fsp3) is 0.294. The summed E-state index contributed by atoms with van der Waals surface area (Å²) in [5.74, 6) is 0.622. The van der Waals surface area contributed by atoms with Gasteiger partial charge in [0, 0.05) is 19.4 Å². The van der Waals surface area contributed by atoms with Crippen molar-refractivity contribution in [2.45, 2.75) is 25.1 Å². The van der Waals surface area contributed by atoms with Gasteiger partial charge in [-0.1, -0.05) is 30.3 Å². The number of nitrogens with zero attached hydrogens (tertiary/aromatic N) is 4. The van der Waals surface area contributed by atoms with Crippen molar-refractivity contribution in [1.82, 2.24) is 19.3 Å². The number of aryl methyl sites for hydroxylation is 2. The Bertz CT molecular complexity index is 944. The van der Waals surface area contributed by atoms with Gasteiger partial charge in [-0.3, -0.25) is 9.40 Å². The molecule has 0 fully saturated rings. The second-order valence-electron chi connectivity index (χ2n) is 5.87. The first-order chi connectivity index (χ1) is 12.4. The lowest BCUT2D eigenvalue weighted by molar-refractivity contribution is 0.111. The van der Waals surface area contributed by atoms with Crippen LogP contribution in [0.25, 0.3) is 0 Å². The van der Waals surface area contributed by atoms with E-state index in [4.69, 9.17) is 4.74 Å². The number of aromatic nitrogens is 4. The minimum absolute atomic E-state index is 0.0172. The first kappa shape index (κ1) is 18.2. The predicted molar refractivity (Wildman–Crippen MR) is 97.1 cm³/mol. The van der Waals surface area contributed by atoms with Crippen molar-refractivity contribution in [1.29, 1.82) is 0 Å². The summed E-state index contributed by atoms with van der Waals surface area (Å²) < 4.78 is 36.1. The molecule has 0 amide bonds. The molecule has 0 aliphatic carbocycles. The van der Waals surface area contributed by atoms with Gasteiger partial charge in [-0.05, 0) is 12.5 Å². The molecule has 0 radical (unpaired) electrons. The van der Waals surface area contributed by atoms with Gasteiger partial charge < -0.3 is 9.30 Å². The first-order valence-corrected chi connectivity index (χ1v) is 9.59. The van der Waals surface area contributed by atoms with Gasteiger partial charge >= 0.3 is 0 Å². The molecule has 138 valence electrons. The van der Waals surface area contributed by atoms with E-state index in [-0.39, 0.29) is 5.03 Å². The minimum Gasteiger partial charge on any atom is -0.375 e. The summed E-state index contributed by atoms with van der Waals surface area (Å²) in [7, 11) is -1.98. The van der Waals surface area contributed by atoms with Crippen LogP contribution in [0.2, 0.25) is 0 Å². The van der Waals surface area contributed by atoms with Crippen LogP contribution in [0.15, 0.2) is 53.9 Å². The molecule has 2 heterocycles. The van der Waals surface area contributed by atoms with Crippen LogP contribution in [0.5, 0.6) is 0 Å². The number of hydrogen-bond donors (Lipinski definition) is 1. The molecular weight excluding hydrogens is 354 g/mol. The topological polar surface area (TPSA) is 91.0 Å². The Kier molecular flexibility index (Phi) is 5.38. The van der Waals surface area contributed by atoms with Gasteiger partial charge in [-0.25, -0.2) is 4.98 Å². The molecule has 8 nitrogen and oxygen atoms in total. The van der Waals surface area contributed by atoms with Crippen LogP contribution in [0, 0.1) is 6.92 Å². The van der Waals surface area contributed by atoms with Crippen molar-refractivity contribution >= 4 is 15.7 Å². The summed E-state index contributed by atoms with van der Waals surface area (Å²) in [6, 6.07) is 9.89. The third kappa shape index (κ3) is 4.50. The van der Waals surface area contributed by atoms with Crippen molar-refractivity contribution < 1.29 is 13.2 Å². The minimum atomic E-state index is -3.73. The molecule has 26 heavy (non-hydrogen) atoms. The molecule has 0 unspecified atom stereocenters. The lowest BCUT2D eigenvalue weighted by atomic mass is 10.2. The predicted octanol–water partition coefficient (Wildman–Crippen LogP) is 1.94. The maximum absolute atomic E-state index is 12.3. The Morgan fingerprint density at radius 3 is 2.65 bits per heavy atom. The highest BCUT2D eigenvalue weighted by Crippen LogP contribution is 2.14. The first-order valence-electron chi connectivity index (χ1n) is 8.11. The van der Waals surface area contributed by atoms with E-state index in [0.29, 0.717) is 31.3 Å². The van der Waals surface area contributed by atoms with Gasteiger partial charge in [0.2, 0.25) is 0 Å². The third-order valence-corrected chi connectivity index (χ3v) is 5.08. The second-order valence-corrected chi connectivity index (χ2v) is 7.50. The molecule has 9 heteroatoms. The Labute approximate surface area is 152 Å². The lowest BCUT2D eigenvalue weighted by Crippen LogP contribution is -2.13. The molecule has 0 aliphatic heterocycles. The van der Waals surface area contributed by atoms with Crippen molar-refractivity contribution in [3.8, 4) is 0 Å². The molecule has 2 aromatic heterocycles. The van der Waals surface area contributed by atoms with Crippen LogP contribution in [0.4, 0.5) is 5.69 Å². The van der Waals surface area contributed by atoms with Gasteiger partial charge in [0.1, 0.15) is 5.82 Å². The zero-order valence-electron chi connectivity index (χ0n) is 14.7. The lowest BCUT2D eigenvalue weighted by Gasteiger charge is -2.05. The Hall–Kier alpha value is -2.65. The number of anilines is 1. The van der Waals surface area contributed by atoms with E-state index in [2.05, 4.69) is 14.8 Å². The molecule has 1 N–H and O–H groups in total. The summed E-state index contributed by atoms with van der Waals surface area (Å²) in [5.41, 5.74) is 1.49. The number of rotatable bonds is 8. The molecule has 3 rings (SSSR count). The van der Waals surface area contributed by atoms with E-state index in [1.807, 2.05) is 30.3 Å². The van der Waals surface area contributed by atoms with Gasteiger partial charge in [-0.15, -0.1) is 0 Å². The SMILES string of the molecule is Cc1nc(S(=O)(=O)Nc2cnn(CCOCc3ccccc3)c2)cn1C. The number of benzene rings is 1. The van der Waals surface area contributed by atoms with Crippen LogP contribution in [-0.2, 0) is 35.0 Å². The molecule has 0 bridgehead atoms. The Balaban J connectivity index is 1.53. The third-order valence-electron chi connectivity index (χ3n) is 3.82. The maximum atomic E-state index is 12.3. The fourth-order valence-corrected chi connectivity index (χ4v) is 3.39. The number of imidazole rings is 1. The van der Waals surface area contributed by atoms with E-state index >= 15 is 0 Å². The molecular formula is C17H21N5O3S. The van der Waals surface area contributed by atoms with Crippen molar-refractivity contribution in [3.63, 3.8) is 0 Å². The van der Waals surface area contributed by atoms with Crippen molar-refractivity contribution in [2.75, 3.05) is 11.3 Å². The molecule has 0 atom stereocenters. The largest absolute Gasteiger partial charge is 0.375 e.